The van der Waals surface area contributed by atoms with Crippen molar-refractivity contribution in [2.75, 3.05) is 0 Å². The molecule has 0 aliphatic carbocycles. The van der Waals surface area contributed by atoms with Crippen LogP contribution in [0.4, 0.5) is 4.39 Å². The summed E-state index contributed by atoms with van der Waals surface area (Å²) >= 11 is 0. The first-order chi connectivity index (χ1) is 7.51. The molecule has 0 bridgehead atoms. The van der Waals surface area contributed by atoms with E-state index in [1.807, 2.05) is 13.8 Å². The van der Waals surface area contributed by atoms with E-state index in [1.54, 1.807) is 12.1 Å². The minimum atomic E-state index is -0.772. The number of halogens is 1. The van der Waals surface area contributed by atoms with E-state index in [0.717, 1.165) is 0 Å². The summed E-state index contributed by atoms with van der Waals surface area (Å²) in [6, 6.07) is 6.09. The lowest BCUT2D eigenvalue weighted by Crippen LogP contribution is -2.47. The Morgan fingerprint density at radius 1 is 1.38 bits per heavy atom. The van der Waals surface area contributed by atoms with Gasteiger partial charge in [-0.3, -0.25) is 4.79 Å². The zero-order valence-corrected chi connectivity index (χ0v) is 9.79. The average Bonchev–Trinajstić information content (AvgIpc) is 2.28. The summed E-state index contributed by atoms with van der Waals surface area (Å²) in [5.74, 6) is -0.344. The minimum Gasteiger partial charge on any atom is -0.319 e. The Kier molecular flexibility index (Phi) is 4.19. The van der Waals surface area contributed by atoms with Crippen LogP contribution in [-0.2, 0) is 11.2 Å². The van der Waals surface area contributed by atoms with Gasteiger partial charge in [0.15, 0.2) is 5.78 Å². The molecule has 0 saturated heterocycles. The van der Waals surface area contributed by atoms with Crippen molar-refractivity contribution in [3.8, 4) is 0 Å². The van der Waals surface area contributed by atoms with Gasteiger partial charge >= 0.3 is 0 Å². The molecule has 1 aromatic rings. The van der Waals surface area contributed by atoms with Crippen molar-refractivity contribution in [1.29, 1.82) is 0 Å². The van der Waals surface area contributed by atoms with Crippen molar-refractivity contribution in [2.45, 2.75) is 38.6 Å². The molecule has 0 saturated carbocycles. The Morgan fingerprint density at radius 2 is 2.00 bits per heavy atom. The maximum atomic E-state index is 12.9. The summed E-state index contributed by atoms with van der Waals surface area (Å²) in [5.41, 5.74) is 5.89. The lowest BCUT2D eigenvalue weighted by molar-refractivity contribution is -0.123. The van der Waals surface area contributed by atoms with Gasteiger partial charge in [0.25, 0.3) is 0 Å². The third-order valence-corrected chi connectivity index (χ3v) is 3.07. The molecule has 0 radical (unpaired) electrons. The number of hydrogen-bond donors (Lipinski definition) is 1. The highest BCUT2D eigenvalue weighted by atomic mass is 19.1. The van der Waals surface area contributed by atoms with Gasteiger partial charge in [-0.05, 0) is 30.5 Å². The number of nitrogens with two attached hydrogens (primary N) is 1. The monoisotopic (exact) mass is 223 g/mol. The van der Waals surface area contributed by atoms with E-state index < -0.39 is 5.54 Å². The predicted octanol–water partition coefficient (Wildman–Crippen LogP) is 2.45. The molecule has 88 valence electrons. The van der Waals surface area contributed by atoms with Crippen LogP contribution in [0.3, 0.4) is 0 Å². The summed E-state index contributed by atoms with van der Waals surface area (Å²) in [7, 11) is 0. The van der Waals surface area contributed by atoms with E-state index >= 15 is 0 Å². The summed E-state index contributed by atoms with van der Waals surface area (Å²) in [6.07, 6.45) is 1.42. The van der Waals surface area contributed by atoms with Gasteiger partial charge in [0.05, 0.1) is 5.54 Å². The minimum absolute atomic E-state index is 0.0249. The van der Waals surface area contributed by atoms with Crippen LogP contribution in [0.5, 0.6) is 0 Å². The topological polar surface area (TPSA) is 43.1 Å². The van der Waals surface area contributed by atoms with Crippen LogP contribution in [0.25, 0.3) is 0 Å². The van der Waals surface area contributed by atoms with Gasteiger partial charge in [-0.25, -0.2) is 4.39 Å². The van der Waals surface area contributed by atoms with E-state index in [1.165, 1.54) is 12.1 Å². The molecule has 0 spiro atoms. The Bertz CT molecular complexity index is 372. The highest BCUT2D eigenvalue weighted by Gasteiger charge is 2.29. The molecule has 0 aromatic heterocycles. The fraction of sp³-hybridized carbons (Fsp3) is 0.462. The Hall–Kier alpha value is -1.22. The van der Waals surface area contributed by atoms with Crippen LogP contribution in [0.1, 0.15) is 32.3 Å². The zero-order chi connectivity index (χ0) is 12.2. The molecule has 16 heavy (non-hydrogen) atoms. The maximum absolute atomic E-state index is 12.9. The van der Waals surface area contributed by atoms with Crippen molar-refractivity contribution in [3.63, 3.8) is 0 Å². The van der Waals surface area contributed by atoms with Crippen molar-refractivity contribution in [3.05, 3.63) is 35.6 Å². The summed E-state index contributed by atoms with van der Waals surface area (Å²) < 4.78 is 12.9. The Balaban J connectivity index is 2.78. The second-order valence-electron chi connectivity index (χ2n) is 4.09. The van der Waals surface area contributed by atoms with Gasteiger partial charge in [-0.15, -0.1) is 0 Å². The van der Waals surface area contributed by atoms with E-state index in [0.29, 0.717) is 18.4 Å². The molecule has 2 N–H and O–H groups in total. The maximum Gasteiger partial charge on any atom is 0.156 e. The van der Waals surface area contributed by atoms with E-state index in [9.17, 15) is 9.18 Å². The predicted molar refractivity (Wildman–Crippen MR) is 62.6 cm³/mol. The van der Waals surface area contributed by atoms with Crippen LogP contribution in [0.2, 0.25) is 0 Å². The molecule has 0 heterocycles. The lowest BCUT2D eigenvalue weighted by Gasteiger charge is -2.24. The largest absolute Gasteiger partial charge is 0.319 e. The van der Waals surface area contributed by atoms with Gasteiger partial charge in [0.2, 0.25) is 0 Å². The number of carbonyl (C=O) groups excluding carboxylic acids is 1. The van der Waals surface area contributed by atoms with Gasteiger partial charge in [0, 0.05) is 6.42 Å². The number of benzene rings is 1. The smallest absolute Gasteiger partial charge is 0.156 e. The SMILES string of the molecule is CCC(N)(CC)C(=O)Cc1cccc(F)c1. The highest BCUT2D eigenvalue weighted by molar-refractivity contribution is 5.89. The average molecular weight is 223 g/mol. The number of carbonyl (C=O) groups is 1. The van der Waals surface area contributed by atoms with E-state index in [2.05, 4.69) is 0 Å². The van der Waals surface area contributed by atoms with Gasteiger partial charge in [0.1, 0.15) is 5.82 Å². The Morgan fingerprint density at radius 3 is 2.50 bits per heavy atom. The lowest BCUT2D eigenvalue weighted by atomic mass is 9.86. The number of hydrogen-bond acceptors (Lipinski definition) is 2. The molecule has 0 amide bonds. The zero-order valence-electron chi connectivity index (χ0n) is 9.79. The summed E-state index contributed by atoms with van der Waals surface area (Å²) in [6.45, 7) is 3.79. The first-order valence-corrected chi connectivity index (χ1v) is 5.58. The van der Waals surface area contributed by atoms with Crippen LogP contribution >= 0.6 is 0 Å². The Labute approximate surface area is 95.7 Å². The molecule has 2 nitrogen and oxygen atoms in total. The first-order valence-electron chi connectivity index (χ1n) is 5.58. The van der Waals surface area contributed by atoms with Crippen molar-refractivity contribution < 1.29 is 9.18 Å². The molecule has 3 heteroatoms. The quantitative estimate of drug-likeness (QED) is 0.833. The highest BCUT2D eigenvalue weighted by Crippen LogP contribution is 2.16. The normalized spacial score (nSPS) is 11.5. The van der Waals surface area contributed by atoms with Gasteiger partial charge < -0.3 is 5.73 Å². The number of Topliss-reactive ketones (excluding diaryl/α,β-unsaturated/α-hetero) is 1. The molecule has 0 fully saturated rings. The van der Waals surface area contributed by atoms with Crippen molar-refractivity contribution in [1.82, 2.24) is 0 Å². The van der Waals surface area contributed by atoms with Crippen LogP contribution in [0, 0.1) is 5.82 Å². The van der Waals surface area contributed by atoms with Crippen molar-refractivity contribution in [2.24, 2.45) is 5.73 Å². The van der Waals surface area contributed by atoms with Gasteiger partial charge in [-0.1, -0.05) is 26.0 Å². The van der Waals surface area contributed by atoms with Crippen LogP contribution in [-0.4, -0.2) is 11.3 Å². The summed E-state index contributed by atoms with van der Waals surface area (Å²) in [4.78, 5) is 12.0. The van der Waals surface area contributed by atoms with Gasteiger partial charge in [-0.2, -0.15) is 0 Å². The second kappa shape index (κ2) is 5.21. The molecule has 0 atom stereocenters. The third-order valence-electron chi connectivity index (χ3n) is 3.07. The fourth-order valence-corrected chi connectivity index (χ4v) is 1.65. The van der Waals surface area contributed by atoms with E-state index in [-0.39, 0.29) is 18.0 Å². The molecular weight excluding hydrogens is 205 g/mol. The molecule has 1 aromatic carbocycles. The molecule has 0 unspecified atom stereocenters. The standard InChI is InChI=1S/C13H18FNO/c1-3-13(15,4-2)12(16)9-10-6-5-7-11(14)8-10/h5-8H,3-4,9,15H2,1-2H3. The van der Waals surface area contributed by atoms with Crippen LogP contribution < -0.4 is 5.73 Å². The van der Waals surface area contributed by atoms with Crippen LogP contribution in [0.15, 0.2) is 24.3 Å². The second-order valence-corrected chi connectivity index (χ2v) is 4.09. The molecule has 1 rings (SSSR count). The third kappa shape index (κ3) is 2.89. The number of rotatable bonds is 5. The van der Waals surface area contributed by atoms with Crippen molar-refractivity contribution >= 4 is 5.78 Å². The molecular formula is C13H18FNO. The summed E-state index contributed by atoms with van der Waals surface area (Å²) in [5, 5.41) is 0. The fourth-order valence-electron chi connectivity index (χ4n) is 1.65. The number of ketones is 1. The molecule has 0 aliphatic heterocycles. The van der Waals surface area contributed by atoms with E-state index in [4.69, 9.17) is 5.73 Å². The first kappa shape index (κ1) is 12.8. The molecule has 0 aliphatic rings.